The first-order chi connectivity index (χ1) is 5.04. The maximum Gasteiger partial charge on any atom is 0.172 e. The largest absolute Gasteiger partial charge is 0.485 e. The third-order valence-electron chi connectivity index (χ3n) is 2.18. The third-order valence-corrected chi connectivity index (χ3v) is 2.18. The van der Waals surface area contributed by atoms with Crippen LogP contribution in [-0.4, -0.2) is 11.4 Å². The maximum absolute atomic E-state index is 11.1. The summed E-state index contributed by atoms with van der Waals surface area (Å²) in [5.41, 5.74) is -0.557. The Balaban J connectivity index is 2.76. The molecule has 1 rings (SSSR count). The Hall–Kier alpha value is -0.790. The summed E-state index contributed by atoms with van der Waals surface area (Å²) in [6.45, 7) is 5.32. The van der Waals surface area contributed by atoms with Gasteiger partial charge < -0.3 is 4.74 Å². The first-order valence-electron chi connectivity index (χ1n) is 3.91. The summed E-state index contributed by atoms with van der Waals surface area (Å²) in [5, 5.41) is 0. The van der Waals surface area contributed by atoms with Crippen molar-refractivity contribution in [2.75, 3.05) is 0 Å². The number of ketones is 1. The van der Waals surface area contributed by atoms with E-state index in [9.17, 15) is 4.79 Å². The van der Waals surface area contributed by atoms with Gasteiger partial charge in [-0.1, -0.05) is 0 Å². The number of carbonyl (C=O) groups is 1. The zero-order valence-electron chi connectivity index (χ0n) is 7.31. The van der Waals surface area contributed by atoms with Crippen LogP contribution in [0.1, 0.15) is 33.6 Å². The second-order valence-corrected chi connectivity index (χ2v) is 3.24. The third kappa shape index (κ3) is 1.62. The number of hydrogen-bond acceptors (Lipinski definition) is 2. The molecular weight excluding hydrogens is 140 g/mol. The molecule has 1 atom stereocenters. The van der Waals surface area contributed by atoms with E-state index in [-0.39, 0.29) is 5.78 Å². The number of Topliss-reactive ketones (excluding diaryl/α,β-unsaturated/α-hetero) is 1. The Bertz CT molecular complexity index is 206. The fourth-order valence-electron chi connectivity index (χ4n) is 1.25. The molecule has 0 aliphatic carbocycles. The van der Waals surface area contributed by atoms with Gasteiger partial charge in [0.25, 0.3) is 0 Å². The molecule has 0 bridgehead atoms. The van der Waals surface area contributed by atoms with E-state index in [1.807, 2.05) is 19.9 Å². The van der Waals surface area contributed by atoms with Gasteiger partial charge in [0.1, 0.15) is 0 Å². The Labute approximate surface area is 67.2 Å². The average Bonchev–Trinajstić information content (AvgIpc) is 1.86. The summed E-state index contributed by atoms with van der Waals surface area (Å²) in [7, 11) is 0. The fourth-order valence-corrected chi connectivity index (χ4v) is 1.25. The van der Waals surface area contributed by atoms with E-state index in [0.29, 0.717) is 0 Å². The normalized spacial score (nSPS) is 30.6. The Kier molecular flexibility index (Phi) is 2.03. The Morgan fingerprint density at radius 3 is 2.73 bits per heavy atom. The van der Waals surface area contributed by atoms with E-state index in [1.165, 1.54) is 0 Å². The number of rotatable bonds is 1. The lowest BCUT2D eigenvalue weighted by Gasteiger charge is -2.31. The Morgan fingerprint density at radius 1 is 1.73 bits per heavy atom. The van der Waals surface area contributed by atoms with Crippen LogP contribution in [0.4, 0.5) is 0 Å². The van der Waals surface area contributed by atoms with Gasteiger partial charge in [-0.05, 0) is 39.7 Å². The van der Waals surface area contributed by atoms with Crippen molar-refractivity contribution in [1.82, 2.24) is 0 Å². The predicted molar refractivity (Wildman–Crippen MR) is 43.2 cm³/mol. The van der Waals surface area contributed by atoms with Gasteiger partial charge in [-0.25, -0.2) is 0 Å². The minimum absolute atomic E-state index is 0.116. The van der Waals surface area contributed by atoms with E-state index in [0.717, 1.165) is 18.6 Å². The van der Waals surface area contributed by atoms with Crippen molar-refractivity contribution in [3.05, 3.63) is 11.8 Å². The van der Waals surface area contributed by atoms with Crippen molar-refractivity contribution in [1.29, 1.82) is 0 Å². The molecule has 1 unspecified atom stereocenters. The van der Waals surface area contributed by atoms with Crippen LogP contribution in [0.3, 0.4) is 0 Å². The van der Waals surface area contributed by atoms with E-state index < -0.39 is 5.60 Å². The van der Waals surface area contributed by atoms with Crippen molar-refractivity contribution < 1.29 is 9.53 Å². The molecule has 1 heterocycles. The molecule has 0 saturated heterocycles. The standard InChI is InChI=1S/C9H14O2/c1-7-5-4-6-9(3,11-7)8(2)10/h5H,4,6H2,1-3H3. The summed E-state index contributed by atoms with van der Waals surface area (Å²) in [5.74, 6) is 0.985. The lowest BCUT2D eigenvalue weighted by molar-refractivity contribution is -0.137. The second kappa shape index (κ2) is 2.68. The summed E-state index contributed by atoms with van der Waals surface area (Å²) < 4.78 is 5.45. The van der Waals surface area contributed by atoms with Crippen LogP contribution < -0.4 is 0 Å². The average molecular weight is 154 g/mol. The van der Waals surface area contributed by atoms with Gasteiger partial charge in [-0.3, -0.25) is 4.79 Å². The zero-order valence-corrected chi connectivity index (χ0v) is 7.31. The minimum atomic E-state index is -0.557. The van der Waals surface area contributed by atoms with Crippen molar-refractivity contribution in [3.8, 4) is 0 Å². The van der Waals surface area contributed by atoms with Crippen LogP contribution in [0.15, 0.2) is 11.8 Å². The quantitative estimate of drug-likeness (QED) is 0.577. The van der Waals surface area contributed by atoms with E-state index in [1.54, 1.807) is 6.92 Å². The SMILES string of the molecule is CC(=O)C1(C)CCC=C(C)O1. The molecule has 0 aromatic heterocycles. The summed E-state index contributed by atoms with van der Waals surface area (Å²) in [4.78, 5) is 11.1. The lowest BCUT2D eigenvalue weighted by atomic mass is 9.93. The molecule has 0 saturated carbocycles. The van der Waals surface area contributed by atoms with Crippen LogP contribution in [0.25, 0.3) is 0 Å². The fraction of sp³-hybridized carbons (Fsp3) is 0.667. The highest BCUT2D eigenvalue weighted by Gasteiger charge is 2.33. The smallest absolute Gasteiger partial charge is 0.172 e. The van der Waals surface area contributed by atoms with E-state index >= 15 is 0 Å². The molecule has 11 heavy (non-hydrogen) atoms. The molecule has 0 radical (unpaired) electrons. The van der Waals surface area contributed by atoms with Crippen molar-refractivity contribution >= 4 is 5.78 Å². The predicted octanol–water partition coefficient (Wildman–Crippen LogP) is 2.05. The molecule has 0 fully saturated rings. The van der Waals surface area contributed by atoms with Crippen LogP contribution >= 0.6 is 0 Å². The van der Waals surface area contributed by atoms with Crippen molar-refractivity contribution in [3.63, 3.8) is 0 Å². The van der Waals surface area contributed by atoms with Crippen molar-refractivity contribution in [2.45, 2.75) is 39.2 Å². The summed E-state index contributed by atoms with van der Waals surface area (Å²) >= 11 is 0. The van der Waals surface area contributed by atoms with Gasteiger partial charge in [-0.15, -0.1) is 0 Å². The van der Waals surface area contributed by atoms with Gasteiger partial charge in [0, 0.05) is 0 Å². The highest BCUT2D eigenvalue weighted by atomic mass is 16.5. The molecule has 2 nitrogen and oxygen atoms in total. The van der Waals surface area contributed by atoms with Gasteiger partial charge in [0.15, 0.2) is 11.4 Å². The molecule has 2 heteroatoms. The monoisotopic (exact) mass is 154 g/mol. The number of ether oxygens (including phenoxy) is 1. The number of hydrogen-bond donors (Lipinski definition) is 0. The first-order valence-corrected chi connectivity index (χ1v) is 3.91. The molecule has 1 aliphatic heterocycles. The second-order valence-electron chi connectivity index (χ2n) is 3.24. The highest BCUT2D eigenvalue weighted by molar-refractivity contribution is 5.84. The lowest BCUT2D eigenvalue weighted by Crippen LogP contribution is -2.37. The molecule has 0 amide bonds. The number of allylic oxidation sites excluding steroid dienone is 2. The van der Waals surface area contributed by atoms with Gasteiger partial charge in [0.2, 0.25) is 0 Å². The van der Waals surface area contributed by atoms with Crippen LogP contribution in [0.5, 0.6) is 0 Å². The van der Waals surface area contributed by atoms with Gasteiger partial charge in [-0.2, -0.15) is 0 Å². The van der Waals surface area contributed by atoms with E-state index in [2.05, 4.69) is 0 Å². The molecule has 62 valence electrons. The number of carbonyl (C=O) groups excluding carboxylic acids is 1. The molecule has 0 N–H and O–H groups in total. The molecular formula is C9H14O2. The van der Waals surface area contributed by atoms with Crippen LogP contribution in [-0.2, 0) is 9.53 Å². The van der Waals surface area contributed by atoms with Crippen LogP contribution in [0.2, 0.25) is 0 Å². The highest BCUT2D eigenvalue weighted by Crippen LogP contribution is 2.27. The zero-order chi connectivity index (χ0) is 8.48. The summed E-state index contributed by atoms with van der Waals surface area (Å²) in [6.07, 6.45) is 3.77. The topological polar surface area (TPSA) is 26.3 Å². The Morgan fingerprint density at radius 2 is 2.36 bits per heavy atom. The molecule has 1 aliphatic rings. The molecule has 0 aromatic carbocycles. The first kappa shape index (κ1) is 8.31. The maximum atomic E-state index is 11.1. The summed E-state index contributed by atoms with van der Waals surface area (Å²) in [6, 6.07) is 0. The minimum Gasteiger partial charge on any atom is -0.485 e. The van der Waals surface area contributed by atoms with Crippen LogP contribution in [0, 0.1) is 0 Å². The van der Waals surface area contributed by atoms with Crippen molar-refractivity contribution in [2.24, 2.45) is 0 Å². The van der Waals surface area contributed by atoms with Gasteiger partial charge in [0.05, 0.1) is 5.76 Å². The molecule has 0 aromatic rings. The molecule has 0 spiro atoms. The van der Waals surface area contributed by atoms with Gasteiger partial charge >= 0.3 is 0 Å². The van der Waals surface area contributed by atoms with E-state index in [4.69, 9.17) is 4.74 Å².